The summed E-state index contributed by atoms with van der Waals surface area (Å²) in [7, 11) is 0. The van der Waals surface area contributed by atoms with E-state index in [1.165, 1.54) is 0 Å². The fraction of sp³-hybridized carbons (Fsp3) is 0.308. The fourth-order valence-corrected chi connectivity index (χ4v) is 1.56. The molecule has 0 spiro atoms. The van der Waals surface area contributed by atoms with E-state index in [0.29, 0.717) is 11.6 Å². The average molecular weight is 248 g/mol. The summed E-state index contributed by atoms with van der Waals surface area (Å²) in [5, 5.41) is 0.240. The van der Waals surface area contributed by atoms with E-state index < -0.39 is 0 Å². The zero-order valence-corrected chi connectivity index (χ0v) is 10.9. The minimum atomic E-state index is -0.143. The molecule has 0 radical (unpaired) electrons. The van der Waals surface area contributed by atoms with E-state index in [1.807, 2.05) is 51.1 Å². The highest BCUT2D eigenvalue weighted by molar-refractivity contribution is 6.28. The van der Waals surface area contributed by atoms with Crippen molar-refractivity contribution in [3.63, 3.8) is 0 Å². The van der Waals surface area contributed by atoms with E-state index in [1.54, 1.807) is 0 Å². The Morgan fingerprint density at radius 2 is 1.59 bits per heavy atom. The van der Waals surface area contributed by atoms with Gasteiger partial charge in [-0.3, -0.25) is 0 Å². The standard InChI is InChI=1S/C13H14ClN3/c1-13(2,3)11-15-10(16-12(14)17-11)9-7-5-4-6-8-9/h4-8H,1-3H3. The zero-order chi connectivity index (χ0) is 12.5. The molecule has 0 aliphatic heterocycles. The monoisotopic (exact) mass is 247 g/mol. The Hall–Kier alpha value is -1.48. The maximum Gasteiger partial charge on any atom is 0.226 e. The Morgan fingerprint density at radius 3 is 2.18 bits per heavy atom. The smallest absolute Gasteiger partial charge is 0.212 e. The number of halogens is 1. The van der Waals surface area contributed by atoms with Crippen LogP contribution in [-0.4, -0.2) is 15.0 Å². The van der Waals surface area contributed by atoms with E-state index >= 15 is 0 Å². The molecule has 4 heteroatoms. The van der Waals surface area contributed by atoms with Crippen LogP contribution in [0.4, 0.5) is 0 Å². The van der Waals surface area contributed by atoms with Gasteiger partial charge in [0.15, 0.2) is 5.82 Å². The number of rotatable bonds is 1. The summed E-state index contributed by atoms with van der Waals surface area (Å²) in [5.41, 5.74) is 0.804. The van der Waals surface area contributed by atoms with Crippen molar-refractivity contribution in [2.24, 2.45) is 0 Å². The van der Waals surface area contributed by atoms with Crippen LogP contribution in [0.5, 0.6) is 0 Å². The third-order valence-corrected chi connectivity index (χ3v) is 2.48. The maximum absolute atomic E-state index is 5.94. The van der Waals surface area contributed by atoms with Gasteiger partial charge in [0.25, 0.3) is 0 Å². The first-order chi connectivity index (χ1) is 7.97. The summed E-state index contributed by atoms with van der Waals surface area (Å²) in [4.78, 5) is 12.8. The fourth-order valence-electron chi connectivity index (χ4n) is 1.40. The number of nitrogens with zero attached hydrogens (tertiary/aromatic N) is 3. The number of hydrogen-bond donors (Lipinski definition) is 0. The average Bonchev–Trinajstić information content (AvgIpc) is 2.28. The molecule has 0 aliphatic carbocycles. The summed E-state index contributed by atoms with van der Waals surface area (Å²) in [6, 6.07) is 9.76. The highest BCUT2D eigenvalue weighted by Gasteiger charge is 2.19. The molecule has 1 heterocycles. The molecule has 1 aromatic heterocycles. The first-order valence-electron chi connectivity index (χ1n) is 5.44. The minimum Gasteiger partial charge on any atom is -0.212 e. The molecular formula is C13H14ClN3. The van der Waals surface area contributed by atoms with Crippen LogP contribution < -0.4 is 0 Å². The molecule has 0 fully saturated rings. The van der Waals surface area contributed by atoms with Crippen molar-refractivity contribution >= 4 is 11.6 Å². The molecule has 3 nitrogen and oxygen atoms in total. The van der Waals surface area contributed by atoms with E-state index in [0.717, 1.165) is 5.56 Å². The lowest BCUT2D eigenvalue weighted by atomic mass is 9.96. The highest BCUT2D eigenvalue weighted by Crippen LogP contribution is 2.22. The maximum atomic E-state index is 5.94. The van der Waals surface area contributed by atoms with Crippen molar-refractivity contribution in [1.82, 2.24) is 15.0 Å². The second-order valence-electron chi connectivity index (χ2n) is 4.87. The van der Waals surface area contributed by atoms with Crippen LogP contribution in [-0.2, 0) is 5.41 Å². The summed E-state index contributed by atoms with van der Waals surface area (Å²) in [6.45, 7) is 6.15. The zero-order valence-electron chi connectivity index (χ0n) is 10.1. The quantitative estimate of drug-likeness (QED) is 0.774. The Balaban J connectivity index is 2.54. The van der Waals surface area contributed by atoms with Crippen LogP contribution in [0, 0.1) is 0 Å². The molecule has 2 aromatic rings. The van der Waals surface area contributed by atoms with E-state index in [-0.39, 0.29) is 10.7 Å². The molecule has 88 valence electrons. The number of aromatic nitrogens is 3. The Kier molecular flexibility index (Phi) is 3.11. The third kappa shape index (κ3) is 2.80. The SMILES string of the molecule is CC(C)(C)c1nc(Cl)nc(-c2ccccc2)n1. The Bertz CT molecular complexity index is 518. The van der Waals surface area contributed by atoms with Crippen molar-refractivity contribution < 1.29 is 0 Å². The molecule has 0 saturated heterocycles. The van der Waals surface area contributed by atoms with Crippen LogP contribution in [0.25, 0.3) is 11.4 Å². The number of benzene rings is 1. The molecule has 0 N–H and O–H groups in total. The normalized spacial score (nSPS) is 11.5. The van der Waals surface area contributed by atoms with Crippen LogP contribution >= 0.6 is 11.6 Å². The van der Waals surface area contributed by atoms with Crippen LogP contribution in [0.2, 0.25) is 5.28 Å². The molecule has 0 atom stereocenters. The third-order valence-electron chi connectivity index (χ3n) is 2.31. The molecule has 0 amide bonds. The van der Waals surface area contributed by atoms with Crippen molar-refractivity contribution in [2.75, 3.05) is 0 Å². The largest absolute Gasteiger partial charge is 0.226 e. The molecule has 2 rings (SSSR count). The van der Waals surface area contributed by atoms with Gasteiger partial charge in [-0.15, -0.1) is 0 Å². The molecule has 1 aromatic carbocycles. The molecule has 0 unspecified atom stereocenters. The van der Waals surface area contributed by atoms with Gasteiger partial charge in [0.05, 0.1) is 0 Å². The van der Waals surface area contributed by atoms with E-state index in [2.05, 4.69) is 15.0 Å². The summed E-state index contributed by atoms with van der Waals surface area (Å²) in [5.74, 6) is 1.33. The van der Waals surface area contributed by atoms with Crippen molar-refractivity contribution in [3.05, 3.63) is 41.4 Å². The van der Waals surface area contributed by atoms with Crippen molar-refractivity contribution in [1.29, 1.82) is 0 Å². The van der Waals surface area contributed by atoms with Crippen LogP contribution in [0.15, 0.2) is 30.3 Å². The summed E-state index contributed by atoms with van der Waals surface area (Å²) >= 11 is 5.94. The van der Waals surface area contributed by atoms with Crippen LogP contribution in [0.1, 0.15) is 26.6 Å². The number of hydrogen-bond acceptors (Lipinski definition) is 3. The lowest BCUT2D eigenvalue weighted by molar-refractivity contribution is 0.542. The second-order valence-corrected chi connectivity index (χ2v) is 5.21. The summed E-state index contributed by atoms with van der Waals surface area (Å²) in [6.07, 6.45) is 0. The van der Waals surface area contributed by atoms with E-state index in [4.69, 9.17) is 11.6 Å². The van der Waals surface area contributed by atoms with E-state index in [9.17, 15) is 0 Å². The van der Waals surface area contributed by atoms with Gasteiger partial charge < -0.3 is 0 Å². The molecule has 0 saturated carbocycles. The van der Waals surface area contributed by atoms with Crippen LogP contribution in [0.3, 0.4) is 0 Å². The Morgan fingerprint density at radius 1 is 0.941 bits per heavy atom. The van der Waals surface area contributed by atoms with Gasteiger partial charge in [0.1, 0.15) is 5.82 Å². The topological polar surface area (TPSA) is 38.7 Å². The van der Waals surface area contributed by atoms with Crippen molar-refractivity contribution in [3.8, 4) is 11.4 Å². The van der Waals surface area contributed by atoms with Gasteiger partial charge in [0, 0.05) is 11.0 Å². The highest BCUT2D eigenvalue weighted by atomic mass is 35.5. The predicted molar refractivity (Wildman–Crippen MR) is 69.0 cm³/mol. The molecule has 0 aliphatic rings. The Labute approximate surface area is 106 Å². The first-order valence-corrected chi connectivity index (χ1v) is 5.82. The van der Waals surface area contributed by atoms with Gasteiger partial charge in [-0.25, -0.2) is 9.97 Å². The lowest BCUT2D eigenvalue weighted by Crippen LogP contribution is -2.17. The van der Waals surface area contributed by atoms with Crippen molar-refractivity contribution in [2.45, 2.75) is 26.2 Å². The first kappa shape index (κ1) is 12.0. The van der Waals surface area contributed by atoms with Gasteiger partial charge in [0.2, 0.25) is 5.28 Å². The summed E-state index contributed by atoms with van der Waals surface area (Å²) < 4.78 is 0. The molecule has 0 bridgehead atoms. The minimum absolute atomic E-state index is 0.143. The van der Waals surface area contributed by atoms with Gasteiger partial charge in [-0.1, -0.05) is 51.1 Å². The van der Waals surface area contributed by atoms with Gasteiger partial charge >= 0.3 is 0 Å². The second kappa shape index (κ2) is 4.41. The lowest BCUT2D eigenvalue weighted by Gasteiger charge is -2.16. The van der Waals surface area contributed by atoms with Gasteiger partial charge in [-0.05, 0) is 11.6 Å². The molecular weight excluding hydrogens is 234 g/mol. The predicted octanol–water partition coefficient (Wildman–Crippen LogP) is 3.49. The van der Waals surface area contributed by atoms with Gasteiger partial charge in [-0.2, -0.15) is 4.98 Å². The molecule has 17 heavy (non-hydrogen) atoms.